The number of sulfonamides is 1. The zero-order chi connectivity index (χ0) is 19.4. The molecule has 5 nitrogen and oxygen atoms in total. The molecule has 0 aromatic heterocycles. The minimum absolute atomic E-state index is 0.157. The number of anilines is 1. The molecule has 0 amide bonds. The first-order chi connectivity index (χ1) is 13.0. The Morgan fingerprint density at radius 3 is 2.19 bits per heavy atom. The summed E-state index contributed by atoms with van der Waals surface area (Å²) in [6.07, 6.45) is 0. The molecular weight excluding hydrogens is 362 g/mol. The maximum absolute atomic E-state index is 13.1. The highest BCUT2D eigenvalue weighted by Crippen LogP contribution is 2.33. The average molecular weight is 385 g/mol. The fourth-order valence-corrected chi connectivity index (χ4v) is 4.06. The van der Waals surface area contributed by atoms with E-state index in [-0.39, 0.29) is 4.90 Å². The molecule has 0 spiro atoms. The van der Waals surface area contributed by atoms with E-state index < -0.39 is 10.0 Å². The van der Waals surface area contributed by atoms with Crippen LogP contribution in [-0.2, 0) is 10.0 Å². The SMILES string of the molecule is CCOc1ccc(S(=O)(=O)N(C)c2ccc3ccccc3c2)cc1OCC. The molecule has 142 valence electrons. The van der Waals surface area contributed by atoms with Crippen LogP contribution in [0.5, 0.6) is 11.5 Å². The second kappa shape index (κ2) is 7.88. The predicted octanol–water partition coefficient (Wildman–Crippen LogP) is 4.46. The summed E-state index contributed by atoms with van der Waals surface area (Å²) >= 11 is 0. The van der Waals surface area contributed by atoms with Crippen molar-refractivity contribution in [2.24, 2.45) is 0 Å². The van der Waals surface area contributed by atoms with Crippen molar-refractivity contribution in [2.75, 3.05) is 24.6 Å². The summed E-state index contributed by atoms with van der Waals surface area (Å²) < 4.78 is 38.6. The van der Waals surface area contributed by atoms with E-state index in [1.165, 1.54) is 10.4 Å². The van der Waals surface area contributed by atoms with Crippen LogP contribution < -0.4 is 13.8 Å². The number of ether oxygens (including phenoxy) is 2. The van der Waals surface area contributed by atoms with E-state index in [2.05, 4.69) is 0 Å². The number of fused-ring (bicyclic) bond motifs is 1. The fraction of sp³-hybridized carbons (Fsp3) is 0.238. The van der Waals surface area contributed by atoms with Gasteiger partial charge in [-0.15, -0.1) is 0 Å². The molecular formula is C21H23NO4S. The molecule has 0 aliphatic rings. The molecule has 0 N–H and O–H groups in total. The Morgan fingerprint density at radius 1 is 0.815 bits per heavy atom. The number of hydrogen-bond donors (Lipinski definition) is 0. The Hall–Kier alpha value is -2.73. The zero-order valence-corrected chi connectivity index (χ0v) is 16.5. The van der Waals surface area contributed by atoms with Crippen LogP contribution >= 0.6 is 0 Å². The highest BCUT2D eigenvalue weighted by atomic mass is 32.2. The van der Waals surface area contributed by atoms with Crippen molar-refractivity contribution in [3.63, 3.8) is 0 Å². The molecule has 0 radical (unpaired) electrons. The van der Waals surface area contributed by atoms with Crippen molar-refractivity contribution in [3.8, 4) is 11.5 Å². The second-order valence-electron chi connectivity index (χ2n) is 5.98. The topological polar surface area (TPSA) is 55.8 Å². The van der Waals surface area contributed by atoms with Gasteiger partial charge in [0.2, 0.25) is 0 Å². The zero-order valence-electron chi connectivity index (χ0n) is 15.7. The first-order valence-corrected chi connectivity index (χ1v) is 10.3. The van der Waals surface area contributed by atoms with Crippen LogP contribution in [0.25, 0.3) is 10.8 Å². The lowest BCUT2D eigenvalue weighted by atomic mass is 10.1. The maximum atomic E-state index is 13.1. The Balaban J connectivity index is 1.99. The van der Waals surface area contributed by atoms with Crippen LogP contribution in [0.2, 0.25) is 0 Å². The predicted molar refractivity (Wildman–Crippen MR) is 108 cm³/mol. The number of hydrogen-bond acceptors (Lipinski definition) is 4. The molecule has 0 aliphatic heterocycles. The molecule has 3 rings (SSSR count). The van der Waals surface area contributed by atoms with Gasteiger partial charge in [0.25, 0.3) is 10.0 Å². The van der Waals surface area contributed by atoms with Crippen molar-refractivity contribution < 1.29 is 17.9 Å². The minimum atomic E-state index is -3.74. The minimum Gasteiger partial charge on any atom is -0.490 e. The van der Waals surface area contributed by atoms with Gasteiger partial charge >= 0.3 is 0 Å². The molecule has 0 unspecified atom stereocenters. The first kappa shape index (κ1) is 19.0. The molecule has 0 heterocycles. The summed E-state index contributed by atoms with van der Waals surface area (Å²) in [6.45, 7) is 4.61. The smallest absolute Gasteiger partial charge is 0.264 e. The van der Waals surface area contributed by atoms with Gasteiger partial charge in [-0.3, -0.25) is 4.31 Å². The van der Waals surface area contributed by atoms with Crippen molar-refractivity contribution in [1.29, 1.82) is 0 Å². The highest BCUT2D eigenvalue weighted by Gasteiger charge is 2.23. The summed E-state index contributed by atoms with van der Waals surface area (Å²) in [5, 5.41) is 2.05. The van der Waals surface area contributed by atoms with Crippen molar-refractivity contribution >= 4 is 26.5 Å². The highest BCUT2D eigenvalue weighted by molar-refractivity contribution is 7.92. The van der Waals surface area contributed by atoms with E-state index in [1.807, 2.05) is 50.2 Å². The van der Waals surface area contributed by atoms with E-state index in [4.69, 9.17) is 9.47 Å². The Kier molecular flexibility index (Phi) is 5.56. The lowest BCUT2D eigenvalue weighted by molar-refractivity contribution is 0.287. The molecule has 27 heavy (non-hydrogen) atoms. The Bertz CT molecular complexity index is 1050. The quantitative estimate of drug-likeness (QED) is 0.602. The molecule has 0 fully saturated rings. The normalized spacial score (nSPS) is 11.4. The van der Waals surface area contributed by atoms with Crippen LogP contribution in [0, 0.1) is 0 Å². The van der Waals surface area contributed by atoms with Crippen molar-refractivity contribution in [1.82, 2.24) is 0 Å². The van der Waals surface area contributed by atoms with Gasteiger partial charge in [-0.05, 0) is 48.9 Å². The number of rotatable bonds is 7. The lowest BCUT2D eigenvalue weighted by Crippen LogP contribution is -2.26. The Morgan fingerprint density at radius 2 is 1.48 bits per heavy atom. The lowest BCUT2D eigenvalue weighted by Gasteiger charge is -2.21. The summed E-state index contributed by atoms with van der Waals surface area (Å²) in [5.41, 5.74) is 0.598. The molecule has 0 atom stereocenters. The van der Waals surface area contributed by atoms with Gasteiger partial charge < -0.3 is 9.47 Å². The van der Waals surface area contributed by atoms with Crippen LogP contribution in [0.4, 0.5) is 5.69 Å². The molecule has 3 aromatic carbocycles. The third-order valence-corrected chi connectivity index (χ3v) is 6.05. The fourth-order valence-electron chi connectivity index (χ4n) is 2.86. The standard InChI is InChI=1S/C21H23NO4S/c1-4-25-20-13-12-19(15-21(20)26-5-2)27(23,24)22(3)18-11-10-16-8-6-7-9-17(16)14-18/h6-15H,4-5H2,1-3H3. The third kappa shape index (κ3) is 3.85. The van der Waals surface area contributed by atoms with E-state index in [9.17, 15) is 8.42 Å². The van der Waals surface area contributed by atoms with Crippen LogP contribution in [0.15, 0.2) is 65.6 Å². The van der Waals surface area contributed by atoms with Gasteiger partial charge in [0.15, 0.2) is 11.5 Å². The van der Waals surface area contributed by atoms with Gasteiger partial charge in [0, 0.05) is 13.1 Å². The molecule has 0 saturated carbocycles. The summed E-state index contributed by atoms with van der Waals surface area (Å²) in [6, 6.07) is 18.1. The molecule has 0 saturated heterocycles. The van der Waals surface area contributed by atoms with E-state index in [0.717, 1.165) is 10.8 Å². The van der Waals surface area contributed by atoms with Gasteiger partial charge in [-0.25, -0.2) is 8.42 Å². The number of benzene rings is 3. The van der Waals surface area contributed by atoms with Crippen LogP contribution in [0.1, 0.15) is 13.8 Å². The molecule has 0 bridgehead atoms. The summed E-state index contributed by atoms with van der Waals surface area (Å²) in [4.78, 5) is 0.157. The molecule has 3 aromatic rings. The van der Waals surface area contributed by atoms with Gasteiger partial charge in [0.1, 0.15) is 0 Å². The maximum Gasteiger partial charge on any atom is 0.264 e. The largest absolute Gasteiger partial charge is 0.490 e. The van der Waals surface area contributed by atoms with Crippen molar-refractivity contribution in [3.05, 3.63) is 60.7 Å². The third-order valence-electron chi connectivity index (χ3n) is 4.27. The second-order valence-corrected chi connectivity index (χ2v) is 7.95. The summed E-state index contributed by atoms with van der Waals surface area (Å²) in [5.74, 6) is 0.957. The Labute approximate surface area is 160 Å². The summed E-state index contributed by atoms with van der Waals surface area (Å²) in [7, 11) is -2.18. The van der Waals surface area contributed by atoms with E-state index >= 15 is 0 Å². The van der Waals surface area contributed by atoms with Gasteiger partial charge in [-0.2, -0.15) is 0 Å². The van der Waals surface area contributed by atoms with Crippen molar-refractivity contribution in [2.45, 2.75) is 18.7 Å². The first-order valence-electron chi connectivity index (χ1n) is 8.84. The molecule has 0 aliphatic carbocycles. The van der Waals surface area contributed by atoms with Crippen LogP contribution in [-0.4, -0.2) is 28.7 Å². The van der Waals surface area contributed by atoms with E-state index in [0.29, 0.717) is 30.4 Å². The monoisotopic (exact) mass is 385 g/mol. The van der Waals surface area contributed by atoms with Gasteiger partial charge in [-0.1, -0.05) is 30.3 Å². The number of nitrogens with zero attached hydrogens (tertiary/aromatic N) is 1. The molecule has 6 heteroatoms. The van der Waals surface area contributed by atoms with Crippen LogP contribution in [0.3, 0.4) is 0 Å². The van der Waals surface area contributed by atoms with E-state index in [1.54, 1.807) is 25.2 Å². The average Bonchev–Trinajstić information content (AvgIpc) is 2.68. The van der Waals surface area contributed by atoms with Gasteiger partial charge in [0.05, 0.1) is 23.8 Å².